The molecule has 1 N–H and O–H groups in total. The fourth-order valence-electron chi connectivity index (χ4n) is 1.94. The standard InChI is InChI=1S/C16H16N2O4/c19-16(17-14-9-4-10-15(12-14)18(20)21)22-11-5-8-13-6-2-1-3-7-13/h1-4,6-7,9-10,12H,5,8,11H2,(H,17,19). The minimum Gasteiger partial charge on any atom is -0.449 e. The highest BCUT2D eigenvalue weighted by molar-refractivity contribution is 5.85. The number of hydrogen-bond acceptors (Lipinski definition) is 4. The number of nitrogens with zero attached hydrogens (tertiary/aromatic N) is 1. The number of carbonyl (C=O) groups is 1. The van der Waals surface area contributed by atoms with E-state index in [-0.39, 0.29) is 12.3 Å². The third kappa shape index (κ3) is 4.90. The van der Waals surface area contributed by atoms with Crippen LogP contribution < -0.4 is 5.32 Å². The molecule has 0 aliphatic carbocycles. The smallest absolute Gasteiger partial charge is 0.411 e. The number of aryl methyl sites for hydroxylation is 1. The van der Waals surface area contributed by atoms with E-state index in [4.69, 9.17) is 4.74 Å². The van der Waals surface area contributed by atoms with Gasteiger partial charge in [0.1, 0.15) is 0 Å². The van der Waals surface area contributed by atoms with Crippen LogP contribution in [0.15, 0.2) is 54.6 Å². The molecule has 0 spiro atoms. The zero-order chi connectivity index (χ0) is 15.8. The van der Waals surface area contributed by atoms with Gasteiger partial charge in [0.15, 0.2) is 0 Å². The van der Waals surface area contributed by atoms with Crippen molar-refractivity contribution in [3.63, 3.8) is 0 Å². The average Bonchev–Trinajstić information content (AvgIpc) is 2.53. The van der Waals surface area contributed by atoms with Crippen LogP contribution in [0.25, 0.3) is 0 Å². The second-order valence-electron chi connectivity index (χ2n) is 4.66. The van der Waals surface area contributed by atoms with Crippen LogP contribution in [0.1, 0.15) is 12.0 Å². The molecule has 0 unspecified atom stereocenters. The zero-order valence-corrected chi connectivity index (χ0v) is 11.9. The number of amides is 1. The highest BCUT2D eigenvalue weighted by Crippen LogP contribution is 2.17. The quantitative estimate of drug-likeness (QED) is 0.500. The van der Waals surface area contributed by atoms with Crippen molar-refractivity contribution < 1.29 is 14.5 Å². The van der Waals surface area contributed by atoms with Crippen LogP contribution in [0, 0.1) is 10.1 Å². The maximum absolute atomic E-state index is 11.6. The van der Waals surface area contributed by atoms with Gasteiger partial charge in [-0.2, -0.15) is 0 Å². The largest absolute Gasteiger partial charge is 0.449 e. The minimum atomic E-state index is -0.617. The first kappa shape index (κ1) is 15.5. The summed E-state index contributed by atoms with van der Waals surface area (Å²) in [5, 5.41) is 13.1. The third-order valence-corrected chi connectivity index (χ3v) is 2.99. The molecule has 2 aromatic carbocycles. The van der Waals surface area contributed by atoms with Crippen LogP contribution in [0.5, 0.6) is 0 Å². The normalized spacial score (nSPS) is 10.0. The Balaban J connectivity index is 1.74. The molecule has 114 valence electrons. The lowest BCUT2D eigenvalue weighted by molar-refractivity contribution is -0.384. The van der Waals surface area contributed by atoms with Gasteiger partial charge in [-0.25, -0.2) is 4.79 Å². The van der Waals surface area contributed by atoms with Crippen LogP contribution >= 0.6 is 0 Å². The van der Waals surface area contributed by atoms with Gasteiger partial charge in [-0.15, -0.1) is 0 Å². The van der Waals surface area contributed by atoms with E-state index >= 15 is 0 Å². The van der Waals surface area contributed by atoms with Crippen molar-refractivity contribution in [1.29, 1.82) is 0 Å². The Hall–Kier alpha value is -2.89. The number of benzene rings is 2. The summed E-state index contributed by atoms with van der Waals surface area (Å²) >= 11 is 0. The molecule has 6 nitrogen and oxygen atoms in total. The van der Waals surface area contributed by atoms with Gasteiger partial charge in [0.25, 0.3) is 5.69 Å². The molecule has 22 heavy (non-hydrogen) atoms. The van der Waals surface area contributed by atoms with E-state index in [1.165, 1.54) is 23.8 Å². The number of hydrogen-bond donors (Lipinski definition) is 1. The molecule has 6 heteroatoms. The molecular weight excluding hydrogens is 284 g/mol. The Morgan fingerprint density at radius 2 is 1.91 bits per heavy atom. The number of carbonyl (C=O) groups excluding carboxylic acids is 1. The van der Waals surface area contributed by atoms with Crippen LogP contribution in [-0.4, -0.2) is 17.6 Å². The van der Waals surface area contributed by atoms with Gasteiger partial charge < -0.3 is 4.74 Å². The summed E-state index contributed by atoms with van der Waals surface area (Å²) < 4.78 is 5.05. The average molecular weight is 300 g/mol. The Morgan fingerprint density at radius 3 is 2.64 bits per heavy atom. The van der Waals surface area contributed by atoms with E-state index < -0.39 is 11.0 Å². The first-order chi connectivity index (χ1) is 10.6. The number of non-ortho nitro benzene ring substituents is 1. The topological polar surface area (TPSA) is 81.5 Å². The monoisotopic (exact) mass is 300 g/mol. The maximum Gasteiger partial charge on any atom is 0.411 e. The molecule has 0 aliphatic rings. The molecular formula is C16H16N2O4. The molecule has 2 aromatic rings. The third-order valence-electron chi connectivity index (χ3n) is 2.99. The number of nitro groups is 1. The van der Waals surface area contributed by atoms with Crippen LogP contribution in [0.4, 0.5) is 16.2 Å². The number of nitrogens with one attached hydrogen (secondary N) is 1. The maximum atomic E-state index is 11.6. The first-order valence-electron chi connectivity index (χ1n) is 6.87. The van der Waals surface area contributed by atoms with Gasteiger partial charge in [-0.05, 0) is 24.5 Å². The second kappa shape index (κ2) is 7.78. The van der Waals surface area contributed by atoms with Gasteiger partial charge in [0.2, 0.25) is 0 Å². The van der Waals surface area contributed by atoms with Gasteiger partial charge in [0.05, 0.1) is 17.2 Å². The Morgan fingerprint density at radius 1 is 1.14 bits per heavy atom. The summed E-state index contributed by atoms with van der Waals surface area (Å²) in [7, 11) is 0. The molecule has 2 rings (SSSR count). The summed E-state index contributed by atoms with van der Waals surface area (Å²) in [6.45, 7) is 0.287. The summed E-state index contributed by atoms with van der Waals surface area (Å²) in [5.74, 6) is 0. The number of ether oxygens (including phenoxy) is 1. The van der Waals surface area contributed by atoms with E-state index in [2.05, 4.69) is 5.32 Å². The Bertz CT molecular complexity index is 644. The van der Waals surface area contributed by atoms with Crippen molar-refractivity contribution >= 4 is 17.5 Å². The van der Waals surface area contributed by atoms with E-state index in [1.54, 1.807) is 6.07 Å². The lowest BCUT2D eigenvalue weighted by Gasteiger charge is -2.07. The lowest BCUT2D eigenvalue weighted by Crippen LogP contribution is -2.14. The first-order valence-corrected chi connectivity index (χ1v) is 6.87. The summed E-state index contributed by atoms with van der Waals surface area (Å²) in [4.78, 5) is 21.7. The molecule has 0 aromatic heterocycles. The van der Waals surface area contributed by atoms with Crippen molar-refractivity contribution in [3.05, 3.63) is 70.3 Å². The fraction of sp³-hybridized carbons (Fsp3) is 0.188. The molecule has 0 saturated heterocycles. The fourth-order valence-corrected chi connectivity index (χ4v) is 1.94. The molecule has 0 heterocycles. The van der Waals surface area contributed by atoms with Crippen molar-refractivity contribution in [1.82, 2.24) is 0 Å². The van der Waals surface area contributed by atoms with E-state index in [9.17, 15) is 14.9 Å². The van der Waals surface area contributed by atoms with Gasteiger partial charge in [0, 0.05) is 12.1 Å². The summed E-state index contributed by atoms with van der Waals surface area (Å²) in [6, 6.07) is 15.6. The van der Waals surface area contributed by atoms with Gasteiger partial charge in [-0.1, -0.05) is 36.4 Å². The zero-order valence-electron chi connectivity index (χ0n) is 11.9. The van der Waals surface area contributed by atoms with Gasteiger partial charge >= 0.3 is 6.09 Å². The van der Waals surface area contributed by atoms with Crippen molar-refractivity contribution in [2.45, 2.75) is 12.8 Å². The number of nitro benzene ring substituents is 1. The van der Waals surface area contributed by atoms with Crippen LogP contribution in [0.3, 0.4) is 0 Å². The second-order valence-corrected chi connectivity index (χ2v) is 4.66. The molecule has 0 saturated carbocycles. The molecule has 0 radical (unpaired) electrons. The Kier molecular flexibility index (Phi) is 5.48. The number of anilines is 1. The predicted molar refractivity (Wildman–Crippen MR) is 82.8 cm³/mol. The Labute approximate surface area is 127 Å². The summed E-state index contributed by atoms with van der Waals surface area (Å²) in [6.07, 6.45) is 0.922. The highest BCUT2D eigenvalue weighted by atomic mass is 16.6. The predicted octanol–water partition coefficient (Wildman–Crippen LogP) is 3.78. The lowest BCUT2D eigenvalue weighted by atomic mass is 10.1. The highest BCUT2D eigenvalue weighted by Gasteiger charge is 2.08. The van der Waals surface area contributed by atoms with Gasteiger partial charge in [-0.3, -0.25) is 15.4 Å². The van der Waals surface area contributed by atoms with Crippen molar-refractivity contribution in [2.75, 3.05) is 11.9 Å². The van der Waals surface area contributed by atoms with Crippen LogP contribution in [-0.2, 0) is 11.2 Å². The van der Waals surface area contributed by atoms with E-state index in [0.717, 1.165) is 6.42 Å². The molecule has 0 aliphatic heterocycles. The summed E-state index contributed by atoms with van der Waals surface area (Å²) in [5.41, 5.74) is 1.44. The molecule has 1 amide bonds. The van der Waals surface area contributed by atoms with E-state index in [0.29, 0.717) is 12.1 Å². The molecule has 0 bridgehead atoms. The van der Waals surface area contributed by atoms with Crippen LogP contribution in [0.2, 0.25) is 0 Å². The van der Waals surface area contributed by atoms with E-state index in [1.807, 2.05) is 30.3 Å². The van der Waals surface area contributed by atoms with Crippen molar-refractivity contribution in [3.8, 4) is 0 Å². The van der Waals surface area contributed by atoms with Crippen molar-refractivity contribution in [2.24, 2.45) is 0 Å². The molecule has 0 atom stereocenters. The molecule has 0 fully saturated rings. The number of rotatable bonds is 6. The minimum absolute atomic E-state index is 0.0816. The SMILES string of the molecule is O=C(Nc1cccc([N+](=O)[O-])c1)OCCCc1ccccc1.